The van der Waals surface area contributed by atoms with Crippen LogP contribution in [0.3, 0.4) is 0 Å². The van der Waals surface area contributed by atoms with Crippen LogP contribution in [0.2, 0.25) is 0 Å². The molecule has 0 unspecified atom stereocenters. The molecule has 124 valence electrons. The van der Waals surface area contributed by atoms with Crippen LogP contribution in [0.5, 0.6) is 5.75 Å². The van der Waals surface area contributed by atoms with Crippen molar-refractivity contribution in [3.63, 3.8) is 0 Å². The van der Waals surface area contributed by atoms with Gasteiger partial charge in [-0.25, -0.2) is 0 Å². The average molecular weight is 404 g/mol. The van der Waals surface area contributed by atoms with Gasteiger partial charge in [0.15, 0.2) is 11.0 Å². The quantitative estimate of drug-likeness (QED) is 0.524. The predicted octanol–water partition coefficient (Wildman–Crippen LogP) is 4.93. The summed E-state index contributed by atoms with van der Waals surface area (Å²) in [6.07, 6.45) is 0. The van der Waals surface area contributed by atoms with E-state index in [1.165, 1.54) is 5.56 Å². The minimum atomic E-state index is 0.411. The summed E-state index contributed by atoms with van der Waals surface area (Å²) in [4.78, 5) is 0. The zero-order valence-electron chi connectivity index (χ0n) is 13.4. The highest BCUT2D eigenvalue weighted by Crippen LogP contribution is 2.23. The Morgan fingerprint density at radius 3 is 2.50 bits per heavy atom. The van der Waals surface area contributed by atoms with Crippen LogP contribution in [-0.4, -0.2) is 14.8 Å². The van der Waals surface area contributed by atoms with E-state index in [0.717, 1.165) is 33.5 Å². The highest BCUT2D eigenvalue weighted by molar-refractivity contribution is 9.10. The summed E-state index contributed by atoms with van der Waals surface area (Å²) in [5.74, 6) is 2.55. The van der Waals surface area contributed by atoms with Crippen LogP contribution < -0.4 is 4.74 Å². The van der Waals surface area contributed by atoms with Crippen LogP contribution in [-0.2, 0) is 18.9 Å². The van der Waals surface area contributed by atoms with Crippen molar-refractivity contribution in [2.45, 2.75) is 31.0 Å². The monoisotopic (exact) mass is 403 g/mol. The first-order valence-electron chi connectivity index (χ1n) is 7.73. The molecule has 0 aliphatic heterocycles. The van der Waals surface area contributed by atoms with Crippen molar-refractivity contribution in [1.29, 1.82) is 0 Å². The second kappa shape index (κ2) is 8.35. The first-order chi connectivity index (χ1) is 11.8. The highest BCUT2D eigenvalue weighted by Gasteiger charge is 2.12. The summed E-state index contributed by atoms with van der Waals surface area (Å²) >= 11 is 5.12. The van der Waals surface area contributed by atoms with Gasteiger partial charge in [-0.1, -0.05) is 58.0 Å². The van der Waals surface area contributed by atoms with E-state index in [-0.39, 0.29) is 0 Å². The van der Waals surface area contributed by atoms with E-state index in [1.807, 2.05) is 30.3 Å². The summed E-state index contributed by atoms with van der Waals surface area (Å²) in [6.45, 7) is 3.33. The fourth-order valence-corrected chi connectivity index (χ4v) is 3.49. The predicted molar refractivity (Wildman–Crippen MR) is 100 cm³/mol. The van der Waals surface area contributed by atoms with Crippen LogP contribution >= 0.6 is 27.7 Å². The lowest BCUT2D eigenvalue weighted by molar-refractivity contribution is 0.288. The summed E-state index contributed by atoms with van der Waals surface area (Å²) in [6, 6.07) is 18.2. The summed E-state index contributed by atoms with van der Waals surface area (Å²) in [7, 11) is 0. The number of nitrogens with zero attached hydrogens (tertiary/aromatic N) is 3. The number of rotatable bonds is 7. The number of halogens is 1. The summed E-state index contributed by atoms with van der Waals surface area (Å²) in [5, 5.41) is 9.53. The molecule has 0 saturated heterocycles. The Bertz CT molecular complexity index is 775. The van der Waals surface area contributed by atoms with E-state index in [0.29, 0.717) is 6.61 Å². The van der Waals surface area contributed by atoms with Gasteiger partial charge in [0.05, 0.1) is 0 Å². The molecule has 0 saturated carbocycles. The molecule has 2 aromatic carbocycles. The lowest BCUT2D eigenvalue weighted by Gasteiger charge is -2.09. The molecule has 0 bridgehead atoms. The van der Waals surface area contributed by atoms with Gasteiger partial charge in [0.1, 0.15) is 12.4 Å². The van der Waals surface area contributed by atoms with Gasteiger partial charge in [-0.05, 0) is 36.8 Å². The van der Waals surface area contributed by atoms with Crippen molar-refractivity contribution in [2.75, 3.05) is 0 Å². The second-order valence-corrected chi connectivity index (χ2v) is 7.02. The zero-order valence-corrected chi connectivity index (χ0v) is 15.8. The van der Waals surface area contributed by atoms with Crippen molar-refractivity contribution in [2.24, 2.45) is 0 Å². The summed E-state index contributed by atoms with van der Waals surface area (Å²) < 4.78 is 8.95. The molecule has 0 aliphatic rings. The summed E-state index contributed by atoms with van der Waals surface area (Å²) in [5.41, 5.74) is 1.28. The number of ether oxygens (including phenoxy) is 1. The molecular weight excluding hydrogens is 386 g/mol. The molecule has 3 rings (SSSR count). The molecule has 1 heterocycles. The third-order valence-electron chi connectivity index (χ3n) is 3.50. The number of aromatic nitrogens is 3. The van der Waals surface area contributed by atoms with Gasteiger partial charge in [0.2, 0.25) is 0 Å². The maximum Gasteiger partial charge on any atom is 0.191 e. The molecule has 24 heavy (non-hydrogen) atoms. The smallest absolute Gasteiger partial charge is 0.191 e. The molecule has 0 spiro atoms. The Morgan fingerprint density at radius 1 is 1.04 bits per heavy atom. The fraction of sp³-hybridized carbons (Fsp3) is 0.222. The molecule has 0 aliphatic carbocycles. The largest absolute Gasteiger partial charge is 0.486 e. The first-order valence-corrected chi connectivity index (χ1v) is 9.51. The van der Waals surface area contributed by atoms with Gasteiger partial charge >= 0.3 is 0 Å². The van der Waals surface area contributed by atoms with Gasteiger partial charge in [-0.3, -0.25) is 0 Å². The number of thioether (sulfide) groups is 1. The van der Waals surface area contributed by atoms with E-state index in [9.17, 15) is 0 Å². The Labute approximate surface area is 154 Å². The molecule has 0 atom stereocenters. The van der Waals surface area contributed by atoms with E-state index in [2.05, 4.69) is 61.9 Å². The number of hydrogen-bond acceptors (Lipinski definition) is 4. The van der Waals surface area contributed by atoms with Gasteiger partial charge in [-0.15, -0.1) is 10.2 Å². The number of hydrogen-bond donors (Lipinski definition) is 0. The van der Waals surface area contributed by atoms with E-state index in [1.54, 1.807) is 11.8 Å². The third kappa shape index (κ3) is 4.39. The van der Waals surface area contributed by atoms with Gasteiger partial charge < -0.3 is 9.30 Å². The normalized spacial score (nSPS) is 10.8. The zero-order chi connectivity index (χ0) is 16.8. The van der Waals surface area contributed by atoms with Gasteiger partial charge in [-0.2, -0.15) is 0 Å². The first kappa shape index (κ1) is 17.0. The second-order valence-electron chi connectivity index (χ2n) is 5.16. The minimum absolute atomic E-state index is 0.411. The molecule has 0 radical (unpaired) electrons. The Balaban J connectivity index is 1.64. The number of benzene rings is 2. The van der Waals surface area contributed by atoms with Crippen molar-refractivity contribution < 1.29 is 4.74 Å². The molecule has 1 aromatic heterocycles. The molecule has 0 N–H and O–H groups in total. The van der Waals surface area contributed by atoms with Crippen LogP contribution in [0.25, 0.3) is 0 Å². The molecular formula is C18H18BrN3OS. The Kier molecular flexibility index (Phi) is 5.93. The minimum Gasteiger partial charge on any atom is -0.486 e. The van der Waals surface area contributed by atoms with Crippen LogP contribution in [0, 0.1) is 0 Å². The third-order valence-corrected chi connectivity index (χ3v) is 5.07. The van der Waals surface area contributed by atoms with E-state index >= 15 is 0 Å². The standard InChI is InChI=1S/C18H18BrN3OS/c1-2-22-17(12-23-16-10-8-15(19)9-11-16)20-21-18(22)24-13-14-6-4-3-5-7-14/h3-11H,2,12-13H2,1H3. The Hall–Kier alpha value is -1.79. The molecule has 3 aromatic rings. The van der Waals surface area contributed by atoms with Crippen molar-refractivity contribution in [3.8, 4) is 5.75 Å². The van der Waals surface area contributed by atoms with Crippen LogP contribution in [0.15, 0.2) is 64.2 Å². The maximum atomic E-state index is 5.81. The molecule has 4 nitrogen and oxygen atoms in total. The van der Waals surface area contributed by atoms with Crippen molar-refractivity contribution in [1.82, 2.24) is 14.8 Å². The highest BCUT2D eigenvalue weighted by atomic mass is 79.9. The van der Waals surface area contributed by atoms with Crippen molar-refractivity contribution >= 4 is 27.7 Å². The Morgan fingerprint density at radius 2 is 1.79 bits per heavy atom. The molecule has 0 amide bonds. The SMILES string of the molecule is CCn1c(COc2ccc(Br)cc2)nnc1SCc1ccccc1. The van der Waals surface area contributed by atoms with Crippen LogP contribution in [0.1, 0.15) is 18.3 Å². The van der Waals surface area contributed by atoms with Gasteiger partial charge in [0, 0.05) is 16.8 Å². The van der Waals surface area contributed by atoms with E-state index < -0.39 is 0 Å². The van der Waals surface area contributed by atoms with Crippen molar-refractivity contribution in [3.05, 3.63) is 70.5 Å². The lowest BCUT2D eigenvalue weighted by atomic mass is 10.2. The average Bonchev–Trinajstić information content (AvgIpc) is 3.02. The molecule has 0 fully saturated rings. The van der Waals surface area contributed by atoms with E-state index in [4.69, 9.17) is 4.74 Å². The maximum absolute atomic E-state index is 5.81. The topological polar surface area (TPSA) is 39.9 Å². The van der Waals surface area contributed by atoms with Crippen LogP contribution in [0.4, 0.5) is 0 Å². The molecule has 6 heteroatoms. The fourth-order valence-electron chi connectivity index (χ4n) is 2.25. The van der Waals surface area contributed by atoms with Gasteiger partial charge in [0.25, 0.3) is 0 Å². The lowest BCUT2D eigenvalue weighted by Crippen LogP contribution is -2.07.